The SMILES string of the molecule is O=C(O)CSc1nccn1-c1cc(F)c(F)cc1F. The summed E-state index contributed by atoms with van der Waals surface area (Å²) in [5.74, 6) is -4.79. The Morgan fingerprint density at radius 1 is 1.26 bits per heavy atom. The van der Waals surface area contributed by atoms with Crippen molar-refractivity contribution in [2.24, 2.45) is 0 Å². The third kappa shape index (κ3) is 2.90. The molecule has 0 amide bonds. The van der Waals surface area contributed by atoms with Crippen molar-refractivity contribution < 1.29 is 23.1 Å². The van der Waals surface area contributed by atoms with Crippen molar-refractivity contribution in [3.8, 4) is 5.69 Å². The van der Waals surface area contributed by atoms with Gasteiger partial charge in [-0.05, 0) is 0 Å². The van der Waals surface area contributed by atoms with Gasteiger partial charge in [0.05, 0.1) is 11.4 Å². The van der Waals surface area contributed by atoms with Crippen molar-refractivity contribution in [1.29, 1.82) is 0 Å². The van der Waals surface area contributed by atoms with Gasteiger partial charge in [0, 0.05) is 24.5 Å². The number of aromatic nitrogens is 2. The molecule has 1 aromatic heterocycles. The molecule has 0 unspecified atom stereocenters. The average Bonchev–Trinajstić information content (AvgIpc) is 2.79. The number of hydrogen-bond donors (Lipinski definition) is 1. The second kappa shape index (κ2) is 5.35. The van der Waals surface area contributed by atoms with Crippen LogP contribution in [0.3, 0.4) is 0 Å². The number of hydrogen-bond acceptors (Lipinski definition) is 3. The van der Waals surface area contributed by atoms with Gasteiger partial charge in [0.15, 0.2) is 16.8 Å². The highest BCUT2D eigenvalue weighted by Crippen LogP contribution is 2.23. The second-order valence-electron chi connectivity index (χ2n) is 3.48. The van der Waals surface area contributed by atoms with Gasteiger partial charge >= 0.3 is 5.97 Å². The molecule has 0 radical (unpaired) electrons. The molecule has 1 aromatic carbocycles. The Kier molecular flexibility index (Phi) is 3.79. The third-order valence-electron chi connectivity index (χ3n) is 2.18. The first-order valence-corrected chi connectivity index (χ1v) is 6.00. The van der Waals surface area contributed by atoms with Crippen LogP contribution >= 0.6 is 11.8 Å². The van der Waals surface area contributed by atoms with Gasteiger partial charge in [-0.25, -0.2) is 18.2 Å². The first-order valence-electron chi connectivity index (χ1n) is 5.02. The highest BCUT2D eigenvalue weighted by molar-refractivity contribution is 7.99. The van der Waals surface area contributed by atoms with E-state index in [-0.39, 0.29) is 16.6 Å². The highest BCUT2D eigenvalue weighted by Gasteiger charge is 2.15. The lowest BCUT2D eigenvalue weighted by atomic mass is 10.3. The summed E-state index contributed by atoms with van der Waals surface area (Å²) in [7, 11) is 0. The average molecular weight is 288 g/mol. The number of halogens is 3. The summed E-state index contributed by atoms with van der Waals surface area (Å²) in [6, 6.07) is 1.12. The minimum Gasteiger partial charge on any atom is -0.481 e. The zero-order valence-corrected chi connectivity index (χ0v) is 10.1. The lowest BCUT2D eigenvalue weighted by Gasteiger charge is -2.08. The van der Waals surface area contributed by atoms with Gasteiger partial charge in [-0.2, -0.15) is 0 Å². The highest BCUT2D eigenvalue weighted by atomic mass is 32.2. The molecule has 0 saturated heterocycles. The molecule has 0 saturated carbocycles. The molecule has 1 N–H and O–H groups in total. The smallest absolute Gasteiger partial charge is 0.313 e. The molecule has 2 aromatic rings. The van der Waals surface area contributed by atoms with Gasteiger partial charge in [0.1, 0.15) is 5.82 Å². The molecule has 4 nitrogen and oxygen atoms in total. The number of rotatable bonds is 4. The molecule has 0 aliphatic carbocycles. The van der Waals surface area contributed by atoms with Gasteiger partial charge in [0.2, 0.25) is 0 Å². The Morgan fingerprint density at radius 3 is 2.63 bits per heavy atom. The molecule has 0 aliphatic heterocycles. The summed E-state index contributed by atoms with van der Waals surface area (Å²) in [5, 5.41) is 8.74. The Bertz CT molecular complexity index is 630. The van der Waals surface area contributed by atoms with Gasteiger partial charge in [-0.1, -0.05) is 11.8 Å². The number of nitrogens with zero attached hydrogens (tertiary/aromatic N) is 2. The van der Waals surface area contributed by atoms with Crippen molar-refractivity contribution >= 4 is 17.7 Å². The quantitative estimate of drug-likeness (QED) is 0.693. The van der Waals surface area contributed by atoms with Crippen molar-refractivity contribution in [2.45, 2.75) is 5.16 Å². The summed E-state index contributed by atoms with van der Waals surface area (Å²) >= 11 is 0.845. The standard InChI is InChI=1S/C11H7F3N2O2S/c12-6-3-8(14)9(4-7(6)13)16-2-1-15-11(16)19-5-10(17)18/h1-4H,5H2,(H,17,18). The molecule has 100 valence electrons. The van der Waals surface area contributed by atoms with E-state index in [9.17, 15) is 18.0 Å². The summed E-state index contributed by atoms with van der Waals surface area (Å²) in [6.07, 6.45) is 2.64. The van der Waals surface area contributed by atoms with E-state index in [1.807, 2.05) is 0 Å². The van der Waals surface area contributed by atoms with Gasteiger partial charge < -0.3 is 5.11 Å². The van der Waals surface area contributed by atoms with Crippen LogP contribution in [-0.4, -0.2) is 26.4 Å². The predicted molar refractivity (Wildman–Crippen MR) is 61.8 cm³/mol. The van der Waals surface area contributed by atoms with Gasteiger partial charge in [-0.3, -0.25) is 9.36 Å². The summed E-state index contributed by atoms with van der Waals surface area (Å²) in [4.78, 5) is 14.3. The monoisotopic (exact) mass is 288 g/mol. The molecular weight excluding hydrogens is 281 g/mol. The fraction of sp³-hybridized carbons (Fsp3) is 0.0909. The first-order chi connectivity index (χ1) is 8.99. The summed E-state index contributed by atoms with van der Waals surface area (Å²) < 4.78 is 40.7. The third-order valence-corrected chi connectivity index (χ3v) is 3.13. The van der Waals surface area contributed by atoms with Crippen LogP contribution in [0.2, 0.25) is 0 Å². The van der Waals surface area contributed by atoms with Crippen LogP contribution in [0.25, 0.3) is 5.69 Å². The number of thioether (sulfide) groups is 1. The number of carboxylic acid groups (broad SMARTS) is 1. The number of carboxylic acids is 1. The van der Waals surface area contributed by atoms with Crippen molar-refractivity contribution in [1.82, 2.24) is 9.55 Å². The second-order valence-corrected chi connectivity index (χ2v) is 4.42. The maximum absolute atomic E-state index is 13.6. The maximum Gasteiger partial charge on any atom is 0.313 e. The van der Waals surface area contributed by atoms with E-state index in [2.05, 4.69) is 4.98 Å². The molecule has 0 atom stereocenters. The minimum absolute atomic E-state index is 0.173. The van der Waals surface area contributed by atoms with E-state index in [0.29, 0.717) is 12.1 Å². The largest absolute Gasteiger partial charge is 0.481 e. The van der Waals surface area contributed by atoms with E-state index in [4.69, 9.17) is 5.11 Å². The van der Waals surface area contributed by atoms with Crippen molar-refractivity contribution in [3.05, 3.63) is 42.0 Å². The maximum atomic E-state index is 13.6. The van der Waals surface area contributed by atoms with Crippen LogP contribution in [0.15, 0.2) is 29.7 Å². The Hall–Kier alpha value is -1.96. The van der Waals surface area contributed by atoms with Crippen LogP contribution in [0.5, 0.6) is 0 Å². The molecule has 0 spiro atoms. The normalized spacial score (nSPS) is 10.7. The summed E-state index contributed by atoms with van der Waals surface area (Å²) in [5.41, 5.74) is -0.232. The zero-order valence-electron chi connectivity index (χ0n) is 9.31. The molecule has 0 bridgehead atoms. The Labute approximate surface area is 109 Å². The number of aliphatic carboxylic acids is 1. The predicted octanol–water partition coefficient (Wildman–Crippen LogP) is 2.47. The first kappa shape index (κ1) is 13.5. The van der Waals surface area contributed by atoms with E-state index in [1.54, 1.807) is 0 Å². The van der Waals surface area contributed by atoms with Crippen LogP contribution in [0.4, 0.5) is 13.2 Å². The fourth-order valence-corrected chi connectivity index (χ4v) is 2.09. The molecule has 8 heteroatoms. The lowest BCUT2D eigenvalue weighted by Crippen LogP contribution is -2.04. The molecule has 0 aliphatic rings. The molecule has 1 heterocycles. The minimum atomic E-state index is -1.29. The van der Waals surface area contributed by atoms with Gasteiger partial charge in [0.25, 0.3) is 0 Å². The molecule has 2 rings (SSSR count). The molecule has 0 fully saturated rings. The molecule has 19 heavy (non-hydrogen) atoms. The van der Waals surface area contributed by atoms with E-state index in [0.717, 1.165) is 16.3 Å². The van der Waals surface area contributed by atoms with Crippen LogP contribution in [0, 0.1) is 17.5 Å². The summed E-state index contributed by atoms with van der Waals surface area (Å²) in [6.45, 7) is 0. The van der Waals surface area contributed by atoms with E-state index < -0.39 is 23.4 Å². The molecular formula is C11H7F3N2O2S. The topological polar surface area (TPSA) is 55.1 Å². The zero-order chi connectivity index (χ0) is 14.0. The number of carbonyl (C=O) groups is 1. The van der Waals surface area contributed by atoms with Crippen molar-refractivity contribution in [3.63, 3.8) is 0 Å². The van der Waals surface area contributed by atoms with Crippen LogP contribution in [0.1, 0.15) is 0 Å². The van der Waals surface area contributed by atoms with E-state index >= 15 is 0 Å². The van der Waals surface area contributed by atoms with Crippen LogP contribution in [-0.2, 0) is 4.79 Å². The van der Waals surface area contributed by atoms with Crippen LogP contribution < -0.4 is 0 Å². The lowest BCUT2D eigenvalue weighted by molar-refractivity contribution is -0.133. The number of imidazole rings is 1. The fourth-order valence-electron chi connectivity index (χ4n) is 1.40. The van der Waals surface area contributed by atoms with Gasteiger partial charge in [-0.15, -0.1) is 0 Å². The van der Waals surface area contributed by atoms with E-state index in [1.165, 1.54) is 12.4 Å². The van der Waals surface area contributed by atoms with Crippen molar-refractivity contribution in [2.75, 3.05) is 5.75 Å². The number of benzene rings is 1. The Balaban J connectivity index is 2.40. The Morgan fingerprint density at radius 2 is 1.95 bits per heavy atom.